The van der Waals surface area contributed by atoms with Gasteiger partial charge in [-0.25, -0.2) is 12.7 Å². The fourth-order valence-corrected chi connectivity index (χ4v) is 5.54. The van der Waals surface area contributed by atoms with Gasteiger partial charge in [-0.3, -0.25) is 14.4 Å². The van der Waals surface area contributed by atoms with Crippen LogP contribution in [0.3, 0.4) is 0 Å². The van der Waals surface area contributed by atoms with Crippen LogP contribution in [-0.2, 0) is 45.8 Å². The SMILES string of the molecule is COC(=O)C1(C(=O)OC)c2ccccc2CN(S(=O)(=O)c2ccc(C)cc2)C(=O)C[C@H]1C. The molecule has 1 heterocycles. The highest BCUT2D eigenvalue weighted by molar-refractivity contribution is 7.89. The van der Waals surface area contributed by atoms with E-state index in [2.05, 4.69) is 0 Å². The van der Waals surface area contributed by atoms with Gasteiger partial charge in [0.05, 0.1) is 25.7 Å². The van der Waals surface area contributed by atoms with Crippen LogP contribution in [0.2, 0.25) is 0 Å². The topological polar surface area (TPSA) is 107 Å². The normalized spacial score (nSPS) is 18.2. The molecule has 0 N–H and O–H groups in total. The smallest absolute Gasteiger partial charge is 0.328 e. The highest BCUT2D eigenvalue weighted by Gasteiger charge is 2.57. The van der Waals surface area contributed by atoms with E-state index in [9.17, 15) is 22.8 Å². The van der Waals surface area contributed by atoms with Gasteiger partial charge >= 0.3 is 11.9 Å². The van der Waals surface area contributed by atoms with E-state index in [1.54, 1.807) is 36.4 Å². The molecule has 1 aliphatic heterocycles. The number of nitrogens with zero attached hydrogens (tertiary/aromatic N) is 1. The fraction of sp³-hybridized carbons (Fsp3) is 0.348. The summed E-state index contributed by atoms with van der Waals surface area (Å²) in [6, 6.07) is 12.6. The molecule has 0 saturated heterocycles. The summed E-state index contributed by atoms with van der Waals surface area (Å²) in [5, 5.41) is 0. The first-order valence-corrected chi connectivity index (χ1v) is 11.4. The molecule has 32 heavy (non-hydrogen) atoms. The molecule has 0 aliphatic carbocycles. The molecule has 2 aromatic rings. The number of sulfonamides is 1. The van der Waals surface area contributed by atoms with Crippen molar-refractivity contribution in [3.8, 4) is 0 Å². The number of carbonyl (C=O) groups excluding carboxylic acids is 3. The number of ether oxygens (including phenoxy) is 2. The Labute approximate surface area is 187 Å². The van der Waals surface area contributed by atoms with Crippen molar-refractivity contribution in [2.75, 3.05) is 14.2 Å². The summed E-state index contributed by atoms with van der Waals surface area (Å²) in [6.45, 7) is 3.02. The number of fused-ring (bicyclic) bond motifs is 1. The summed E-state index contributed by atoms with van der Waals surface area (Å²) in [5.41, 5.74) is -0.445. The predicted octanol–water partition coefficient (Wildman–Crippen LogP) is 2.34. The molecule has 8 nitrogen and oxygen atoms in total. The van der Waals surface area contributed by atoms with Crippen molar-refractivity contribution in [2.45, 2.75) is 37.1 Å². The molecule has 0 saturated carbocycles. The van der Waals surface area contributed by atoms with Crippen molar-refractivity contribution in [1.82, 2.24) is 4.31 Å². The van der Waals surface area contributed by atoms with Gasteiger partial charge in [-0.05, 0) is 36.1 Å². The Morgan fingerprint density at radius 1 is 1.00 bits per heavy atom. The molecule has 1 amide bonds. The third-order valence-corrected chi connectivity index (χ3v) is 7.66. The summed E-state index contributed by atoms with van der Waals surface area (Å²) < 4.78 is 37.4. The highest BCUT2D eigenvalue weighted by atomic mass is 32.2. The standard InChI is InChI=1S/C23H25NO7S/c1-15-9-11-18(12-10-15)32(28,29)24-14-17-7-5-6-8-19(17)23(21(26)30-3,22(27)31-4)16(2)13-20(24)25/h5-12,16H,13-14H2,1-4H3/t16-/m1/s1. The van der Waals surface area contributed by atoms with Crippen LogP contribution in [0.4, 0.5) is 0 Å². The maximum atomic E-state index is 13.4. The minimum absolute atomic E-state index is 0.0191. The molecule has 9 heteroatoms. The quantitative estimate of drug-likeness (QED) is 0.510. The number of hydrogen-bond acceptors (Lipinski definition) is 7. The molecule has 0 unspecified atom stereocenters. The minimum atomic E-state index is -4.17. The van der Waals surface area contributed by atoms with Gasteiger partial charge in [0, 0.05) is 6.42 Å². The molecule has 170 valence electrons. The second kappa shape index (κ2) is 8.74. The number of aryl methyl sites for hydroxylation is 1. The Hall–Kier alpha value is -3.20. The summed E-state index contributed by atoms with van der Waals surface area (Å²) in [6.07, 6.45) is -0.385. The van der Waals surface area contributed by atoms with Gasteiger partial charge in [0.25, 0.3) is 10.0 Å². The molecule has 0 fully saturated rings. The lowest BCUT2D eigenvalue weighted by Gasteiger charge is -2.38. The molecule has 0 spiro atoms. The van der Waals surface area contributed by atoms with Crippen LogP contribution in [0.25, 0.3) is 0 Å². The average Bonchev–Trinajstić information content (AvgIpc) is 2.77. The molecular weight excluding hydrogens is 434 g/mol. The first-order chi connectivity index (χ1) is 15.1. The largest absolute Gasteiger partial charge is 0.468 e. The summed E-state index contributed by atoms with van der Waals surface area (Å²) >= 11 is 0. The number of carbonyl (C=O) groups is 3. The van der Waals surface area contributed by atoms with Crippen LogP contribution in [-0.4, -0.2) is 44.8 Å². The van der Waals surface area contributed by atoms with Crippen molar-refractivity contribution in [3.05, 3.63) is 65.2 Å². The first kappa shape index (κ1) is 23.5. The zero-order chi connectivity index (χ0) is 23.7. The first-order valence-electron chi connectivity index (χ1n) is 9.98. The van der Waals surface area contributed by atoms with E-state index < -0.39 is 39.2 Å². The summed E-state index contributed by atoms with van der Waals surface area (Å²) in [5.74, 6) is -3.41. The second-order valence-electron chi connectivity index (χ2n) is 7.77. The Bertz CT molecular complexity index is 1140. The monoisotopic (exact) mass is 459 g/mol. The van der Waals surface area contributed by atoms with E-state index >= 15 is 0 Å². The van der Waals surface area contributed by atoms with Gasteiger partial charge in [-0.2, -0.15) is 0 Å². The Morgan fingerprint density at radius 2 is 1.56 bits per heavy atom. The lowest BCUT2D eigenvalue weighted by Crippen LogP contribution is -2.54. The Morgan fingerprint density at radius 3 is 2.12 bits per heavy atom. The van der Waals surface area contributed by atoms with E-state index in [0.717, 1.165) is 24.1 Å². The minimum Gasteiger partial charge on any atom is -0.468 e. The molecule has 0 radical (unpaired) electrons. The van der Waals surface area contributed by atoms with Crippen molar-refractivity contribution in [1.29, 1.82) is 0 Å². The molecular formula is C23H25NO7S. The summed E-state index contributed by atoms with van der Waals surface area (Å²) in [7, 11) is -1.87. The van der Waals surface area contributed by atoms with Gasteiger partial charge in [0.15, 0.2) is 5.41 Å². The maximum Gasteiger partial charge on any atom is 0.328 e. The maximum absolute atomic E-state index is 13.4. The van der Waals surface area contributed by atoms with Crippen molar-refractivity contribution >= 4 is 27.9 Å². The van der Waals surface area contributed by atoms with Crippen molar-refractivity contribution in [2.24, 2.45) is 5.92 Å². The van der Waals surface area contributed by atoms with E-state index in [4.69, 9.17) is 9.47 Å². The van der Waals surface area contributed by atoms with E-state index in [0.29, 0.717) is 5.56 Å². The lowest BCUT2D eigenvalue weighted by atomic mass is 9.67. The molecule has 1 atom stereocenters. The van der Waals surface area contributed by atoms with E-state index in [-0.39, 0.29) is 23.4 Å². The molecule has 0 bridgehead atoms. The average molecular weight is 460 g/mol. The predicted molar refractivity (Wildman–Crippen MR) is 115 cm³/mol. The third-order valence-electron chi connectivity index (χ3n) is 5.88. The zero-order valence-electron chi connectivity index (χ0n) is 18.3. The highest BCUT2D eigenvalue weighted by Crippen LogP contribution is 2.42. The van der Waals surface area contributed by atoms with Gasteiger partial charge < -0.3 is 9.47 Å². The number of hydrogen-bond donors (Lipinski definition) is 0. The third kappa shape index (κ3) is 3.66. The van der Waals surface area contributed by atoms with Crippen molar-refractivity contribution < 1.29 is 32.3 Å². The Kier molecular flexibility index (Phi) is 6.41. The number of rotatable bonds is 4. The molecule has 0 aromatic heterocycles. The number of methoxy groups -OCH3 is 2. The van der Waals surface area contributed by atoms with E-state index in [1.807, 2.05) is 6.92 Å². The van der Waals surface area contributed by atoms with E-state index in [1.165, 1.54) is 19.1 Å². The number of amides is 1. The van der Waals surface area contributed by atoms with Crippen LogP contribution in [0.15, 0.2) is 53.4 Å². The van der Waals surface area contributed by atoms with Crippen LogP contribution in [0.1, 0.15) is 30.0 Å². The lowest BCUT2D eigenvalue weighted by molar-refractivity contribution is -0.165. The van der Waals surface area contributed by atoms with Crippen LogP contribution >= 0.6 is 0 Å². The van der Waals surface area contributed by atoms with Gasteiger partial charge in [0.1, 0.15) is 0 Å². The molecule has 1 aliphatic rings. The van der Waals surface area contributed by atoms with Crippen LogP contribution in [0.5, 0.6) is 0 Å². The van der Waals surface area contributed by atoms with Crippen molar-refractivity contribution in [3.63, 3.8) is 0 Å². The number of esters is 2. The summed E-state index contributed by atoms with van der Waals surface area (Å²) in [4.78, 5) is 39.2. The Balaban J connectivity index is 2.24. The molecule has 2 aromatic carbocycles. The second-order valence-corrected chi connectivity index (χ2v) is 9.63. The fourth-order valence-electron chi connectivity index (χ4n) is 4.15. The van der Waals surface area contributed by atoms with Crippen LogP contribution in [0, 0.1) is 12.8 Å². The van der Waals surface area contributed by atoms with Crippen LogP contribution < -0.4 is 0 Å². The number of benzene rings is 2. The molecule has 3 rings (SSSR count). The van der Waals surface area contributed by atoms with Gasteiger partial charge in [0.2, 0.25) is 5.91 Å². The van der Waals surface area contributed by atoms with Gasteiger partial charge in [-0.15, -0.1) is 0 Å². The van der Waals surface area contributed by atoms with Gasteiger partial charge in [-0.1, -0.05) is 48.9 Å². The zero-order valence-corrected chi connectivity index (χ0v) is 19.1.